The summed E-state index contributed by atoms with van der Waals surface area (Å²) in [6.45, 7) is 0.872. The molecule has 0 heterocycles. The van der Waals surface area contributed by atoms with Gasteiger partial charge in [0.15, 0.2) is 5.96 Å². The lowest BCUT2D eigenvalue weighted by Gasteiger charge is -2.11. The molecule has 2 aromatic rings. The number of nitrogens with zero attached hydrogens (tertiary/aromatic N) is 2. The molecule has 0 aromatic heterocycles. The number of hydrogen-bond donors (Lipinski definition) is 2. The topological polar surface area (TPSA) is 62.9 Å². The van der Waals surface area contributed by atoms with Crippen molar-refractivity contribution in [3.8, 4) is 5.75 Å². The molecule has 3 N–H and O–H groups in total. The standard InChI is InChI=1S/C18H23FN4O/c1-23(2)12-14-8-7-13(9-17(14)19)11-21-18(20)22-15-5-4-6-16(10-15)24-3/h4-10H,11-12H2,1-3H3,(H3,20,21,22). The highest BCUT2D eigenvalue weighted by atomic mass is 19.1. The number of methoxy groups -OCH3 is 1. The molecule has 0 unspecified atom stereocenters. The largest absolute Gasteiger partial charge is 0.497 e. The summed E-state index contributed by atoms with van der Waals surface area (Å²) in [5.41, 5.74) is 8.09. The average molecular weight is 330 g/mol. The zero-order chi connectivity index (χ0) is 17.5. The minimum Gasteiger partial charge on any atom is -0.497 e. The Bertz CT molecular complexity index is 716. The fourth-order valence-electron chi connectivity index (χ4n) is 2.22. The zero-order valence-corrected chi connectivity index (χ0v) is 14.2. The summed E-state index contributed by atoms with van der Waals surface area (Å²) >= 11 is 0. The van der Waals surface area contributed by atoms with Crippen LogP contribution in [0.4, 0.5) is 10.1 Å². The Morgan fingerprint density at radius 1 is 1.25 bits per heavy atom. The number of nitrogens with two attached hydrogens (primary N) is 1. The van der Waals surface area contributed by atoms with Crippen molar-refractivity contribution >= 4 is 11.6 Å². The Kier molecular flexibility index (Phi) is 6.14. The van der Waals surface area contributed by atoms with Crippen LogP contribution in [0.1, 0.15) is 11.1 Å². The van der Waals surface area contributed by atoms with Gasteiger partial charge in [0, 0.05) is 23.9 Å². The first-order valence-corrected chi connectivity index (χ1v) is 7.61. The first kappa shape index (κ1) is 17.7. The molecule has 24 heavy (non-hydrogen) atoms. The van der Waals surface area contributed by atoms with Crippen LogP contribution in [0.25, 0.3) is 0 Å². The van der Waals surface area contributed by atoms with Crippen molar-refractivity contribution in [1.82, 2.24) is 4.90 Å². The maximum atomic E-state index is 14.0. The molecular weight excluding hydrogens is 307 g/mol. The van der Waals surface area contributed by atoms with E-state index in [1.54, 1.807) is 13.2 Å². The second-order valence-electron chi connectivity index (χ2n) is 5.72. The van der Waals surface area contributed by atoms with E-state index in [0.717, 1.165) is 17.0 Å². The molecule has 0 bridgehead atoms. The highest BCUT2D eigenvalue weighted by molar-refractivity contribution is 5.92. The van der Waals surface area contributed by atoms with E-state index in [0.29, 0.717) is 18.7 Å². The van der Waals surface area contributed by atoms with Crippen LogP contribution in [-0.4, -0.2) is 32.1 Å². The van der Waals surface area contributed by atoms with Gasteiger partial charge in [0.1, 0.15) is 11.6 Å². The molecule has 0 fully saturated rings. The van der Waals surface area contributed by atoms with Crippen molar-refractivity contribution in [2.75, 3.05) is 26.5 Å². The van der Waals surface area contributed by atoms with Crippen molar-refractivity contribution in [3.63, 3.8) is 0 Å². The first-order valence-electron chi connectivity index (χ1n) is 7.61. The minimum atomic E-state index is -0.226. The van der Waals surface area contributed by atoms with E-state index in [1.807, 2.05) is 49.3 Å². The van der Waals surface area contributed by atoms with Gasteiger partial charge in [-0.1, -0.05) is 18.2 Å². The fourth-order valence-corrected chi connectivity index (χ4v) is 2.22. The Hall–Kier alpha value is -2.60. The fraction of sp³-hybridized carbons (Fsp3) is 0.278. The van der Waals surface area contributed by atoms with Crippen LogP contribution < -0.4 is 15.8 Å². The van der Waals surface area contributed by atoms with Gasteiger partial charge in [-0.2, -0.15) is 0 Å². The molecule has 0 saturated heterocycles. The van der Waals surface area contributed by atoms with E-state index in [4.69, 9.17) is 10.5 Å². The van der Waals surface area contributed by atoms with Crippen LogP contribution in [-0.2, 0) is 13.1 Å². The molecule has 6 heteroatoms. The number of ether oxygens (including phenoxy) is 1. The van der Waals surface area contributed by atoms with Crippen LogP contribution in [0.3, 0.4) is 0 Å². The Labute approximate surface area is 142 Å². The Morgan fingerprint density at radius 2 is 2.04 bits per heavy atom. The molecular formula is C18H23FN4O. The van der Waals surface area contributed by atoms with Gasteiger partial charge < -0.3 is 20.7 Å². The number of nitrogens with one attached hydrogen (secondary N) is 1. The summed E-state index contributed by atoms with van der Waals surface area (Å²) in [5.74, 6) is 0.767. The summed E-state index contributed by atoms with van der Waals surface area (Å²) in [6, 6.07) is 12.5. The molecule has 0 spiro atoms. The molecule has 128 valence electrons. The second kappa shape index (κ2) is 8.31. The smallest absolute Gasteiger partial charge is 0.193 e. The number of anilines is 1. The third-order valence-corrected chi connectivity index (χ3v) is 3.38. The van der Waals surface area contributed by atoms with Gasteiger partial charge in [0.2, 0.25) is 0 Å². The number of aliphatic imine (C=N–C) groups is 1. The number of guanidine groups is 1. The molecule has 0 aliphatic heterocycles. The van der Waals surface area contributed by atoms with Crippen LogP contribution in [0.2, 0.25) is 0 Å². The molecule has 0 atom stereocenters. The van der Waals surface area contributed by atoms with E-state index in [-0.39, 0.29) is 11.8 Å². The summed E-state index contributed by atoms with van der Waals surface area (Å²) in [5, 5.41) is 2.99. The molecule has 0 aliphatic carbocycles. The van der Waals surface area contributed by atoms with E-state index >= 15 is 0 Å². The van der Waals surface area contributed by atoms with E-state index in [2.05, 4.69) is 10.3 Å². The van der Waals surface area contributed by atoms with Crippen molar-refractivity contribution in [2.24, 2.45) is 10.7 Å². The highest BCUT2D eigenvalue weighted by Gasteiger charge is 2.05. The molecule has 0 amide bonds. The Balaban J connectivity index is 2.00. The first-order chi connectivity index (χ1) is 11.5. The SMILES string of the molecule is COc1cccc(NC(N)=NCc2ccc(CN(C)C)c(F)c2)c1. The summed E-state index contributed by atoms with van der Waals surface area (Å²) < 4.78 is 19.2. The van der Waals surface area contributed by atoms with E-state index < -0.39 is 0 Å². The maximum Gasteiger partial charge on any atom is 0.193 e. The quantitative estimate of drug-likeness (QED) is 0.631. The normalized spacial score (nSPS) is 11.6. The van der Waals surface area contributed by atoms with E-state index in [1.165, 1.54) is 6.07 Å². The lowest BCUT2D eigenvalue weighted by Crippen LogP contribution is -2.22. The van der Waals surface area contributed by atoms with Gasteiger partial charge in [-0.15, -0.1) is 0 Å². The molecule has 5 nitrogen and oxygen atoms in total. The predicted octanol–water partition coefficient (Wildman–Crippen LogP) is 2.82. The lowest BCUT2D eigenvalue weighted by atomic mass is 10.1. The highest BCUT2D eigenvalue weighted by Crippen LogP contribution is 2.16. The minimum absolute atomic E-state index is 0.226. The molecule has 2 rings (SSSR count). The van der Waals surface area contributed by atoms with Gasteiger partial charge in [0.25, 0.3) is 0 Å². The van der Waals surface area contributed by atoms with Crippen molar-refractivity contribution in [1.29, 1.82) is 0 Å². The van der Waals surface area contributed by atoms with Crippen molar-refractivity contribution < 1.29 is 9.13 Å². The van der Waals surface area contributed by atoms with Gasteiger partial charge >= 0.3 is 0 Å². The van der Waals surface area contributed by atoms with Crippen molar-refractivity contribution in [2.45, 2.75) is 13.1 Å². The summed E-state index contributed by atoms with van der Waals surface area (Å²) in [4.78, 5) is 6.17. The van der Waals surface area contributed by atoms with Crippen molar-refractivity contribution in [3.05, 3.63) is 59.4 Å². The number of halogens is 1. The van der Waals surface area contributed by atoms with Crippen LogP contribution in [0.15, 0.2) is 47.5 Å². The second-order valence-corrected chi connectivity index (χ2v) is 5.72. The zero-order valence-electron chi connectivity index (χ0n) is 14.2. The number of benzene rings is 2. The van der Waals surface area contributed by atoms with Gasteiger partial charge in [0.05, 0.1) is 13.7 Å². The molecule has 0 saturated carbocycles. The Morgan fingerprint density at radius 3 is 2.71 bits per heavy atom. The van der Waals surface area contributed by atoms with Crippen LogP contribution in [0, 0.1) is 5.82 Å². The predicted molar refractivity (Wildman–Crippen MR) is 95.7 cm³/mol. The van der Waals surface area contributed by atoms with Gasteiger partial charge in [-0.3, -0.25) is 0 Å². The average Bonchev–Trinajstić information content (AvgIpc) is 2.55. The third kappa shape index (κ3) is 5.24. The monoisotopic (exact) mass is 330 g/mol. The number of hydrogen-bond acceptors (Lipinski definition) is 3. The summed E-state index contributed by atoms with van der Waals surface area (Å²) in [7, 11) is 5.41. The maximum absolute atomic E-state index is 14.0. The molecule has 0 radical (unpaired) electrons. The third-order valence-electron chi connectivity index (χ3n) is 3.38. The summed E-state index contributed by atoms with van der Waals surface area (Å²) in [6.07, 6.45) is 0. The van der Waals surface area contributed by atoms with Gasteiger partial charge in [-0.05, 0) is 37.9 Å². The van der Waals surface area contributed by atoms with Crippen LogP contribution in [0.5, 0.6) is 5.75 Å². The van der Waals surface area contributed by atoms with E-state index in [9.17, 15) is 4.39 Å². The molecule has 2 aromatic carbocycles. The lowest BCUT2D eigenvalue weighted by molar-refractivity contribution is 0.392. The van der Waals surface area contributed by atoms with Crippen LogP contribution >= 0.6 is 0 Å². The molecule has 0 aliphatic rings. The van der Waals surface area contributed by atoms with Gasteiger partial charge in [-0.25, -0.2) is 9.38 Å². The number of rotatable bonds is 6.